The molecule has 1 aliphatic carbocycles. The summed E-state index contributed by atoms with van der Waals surface area (Å²) in [5.41, 5.74) is 0.942. The predicted molar refractivity (Wildman–Crippen MR) is 75.1 cm³/mol. The molecule has 0 aliphatic heterocycles. The first-order valence-electron chi connectivity index (χ1n) is 6.18. The maximum Gasteiger partial charge on any atom is 0.178 e. The van der Waals surface area contributed by atoms with Gasteiger partial charge in [-0.25, -0.2) is 8.42 Å². The van der Waals surface area contributed by atoms with E-state index in [1.54, 1.807) is 19.1 Å². The van der Waals surface area contributed by atoms with Crippen LogP contribution in [-0.4, -0.2) is 25.6 Å². The maximum absolute atomic E-state index is 11.7. The number of sulfone groups is 1. The number of halogens is 1. The van der Waals surface area contributed by atoms with Crippen molar-refractivity contribution in [3.8, 4) is 0 Å². The highest BCUT2D eigenvalue weighted by Crippen LogP contribution is 2.36. The van der Waals surface area contributed by atoms with Crippen molar-refractivity contribution < 1.29 is 8.42 Å². The van der Waals surface area contributed by atoms with Gasteiger partial charge in [0.05, 0.1) is 16.2 Å². The summed E-state index contributed by atoms with van der Waals surface area (Å²) in [4.78, 5) is 0.379. The van der Waals surface area contributed by atoms with Gasteiger partial charge in [0.15, 0.2) is 9.84 Å². The summed E-state index contributed by atoms with van der Waals surface area (Å²) in [6, 6.07) is 6.94. The third-order valence-corrected chi connectivity index (χ3v) is 5.83. The van der Waals surface area contributed by atoms with E-state index in [4.69, 9.17) is 11.6 Å². The second-order valence-corrected chi connectivity index (χ2v) is 7.37. The van der Waals surface area contributed by atoms with Gasteiger partial charge in [0, 0.05) is 11.6 Å². The lowest BCUT2D eigenvalue weighted by atomic mass is 9.78. The van der Waals surface area contributed by atoms with Crippen molar-refractivity contribution in [2.24, 2.45) is 0 Å². The van der Waals surface area contributed by atoms with E-state index in [1.807, 2.05) is 12.1 Å². The molecule has 100 valence electrons. The van der Waals surface area contributed by atoms with E-state index in [0.717, 1.165) is 18.5 Å². The molecule has 0 heterocycles. The lowest BCUT2D eigenvalue weighted by Crippen LogP contribution is -2.46. The van der Waals surface area contributed by atoms with Crippen LogP contribution in [0.1, 0.15) is 26.2 Å². The normalized spacial score (nSPS) is 18.1. The third-order valence-electron chi connectivity index (χ3n) is 3.57. The minimum Gasteiger partial charge on any atom is -0.378 e. The summed E-state index contributed by atoms with van der Waals surface area (Å²) in [7, 11) is -3.11. The van der Waals surface area contributed by atoms with E-state index in [9.17, 15) is 8.42 Å². The lowest BCUT2D eigenvalue weighted by Gasteiger charge is -2.42. The molecule has 0 spiro atoms. The monoisotopic (exact) mass is 287 g/mol. The van der Waals surface area contributed by atoms with E-state index in [1.165, 1.54) is 6.42 Å². The standard InChI is InChI=1S/C13H18ClNO2S/c1-2-18(16,17)12-6-4-11(5-7-12)15-13(10-14)8-3-9-13/h4-7,15H,2-3,8-10H2,1H3. The van der Waals surface area contributed by atoms with Gasteiger partial charge in [0.1, 0.15) is 0 Å². The molecule has 3 nitrogen and oxygen atoms in total. The van der Waals surface area contributed by atoms with Crippen LogP contribution in [0.15, 0.2) is 29.2 Å². The van der Waals surface area contributed by atoms with Crippen LogP contribution in [0.5, 0.6) is 0 Å². The summed E-state index contributed by atoms with van der Waals surface area (Å²) in [6.07, 6.45) is 3.35. The molecule has 2 rings (SSSR count). The van der Waals surface area contributed by atoms with Crippen LogP contribution in [0.25, 0.3) is 0 Å². The molecule has 0 amide bonds. The van der Waals surface area contributed by atoms with Crippen molar-refractivity contribution >= 4 is 27.1 Å². The Labute approximate surface area is 113 Å². The highest BCUT2D eigenvalue weighted by molar-refractivity contribution is 7.91. The zero-order valence-corrected chi connectivity index (χ0v) is 12.0. The molecule has 0 unspecified atom stereocenters. The number of rotatable bonds is 5. The number of hydrogen-bond acceptors (Lipinski definition) is 3. The van der Waals surface area contributed by atoms with Gasteiger partial charge >= 0.3 is 0 Å². The topological polar surface area (TPSA) is 46.2 Å². The highest BCUT2D eigenvalue weighted by atomic mass is 35.5. The molecule has 1 aliphatic rings. The SMILES string of the molecule is CCS(=O)(=O)c1ccc(NC2(CCl)CCC2)cc1. The van der Waals surface area contributed by atoms with Crippen molar-refractivity contribution in [3.63, 3.8) is 0 Å². The van der Waals surface area contributed by atoms with E-state index in [0.29, 0.717) is 10.8 Å². The molecule has 18 heavy (non-hydrogen) atoms. The fourth-order valence-corrected chi connectivity index (χ4v) is 3.33. The van der Waals surface area contributed by atoms with Crippen LogP contribution < -0.4 is 5.32 Å². The molecule has 0 bridgehead atoms. The molecule has 5 heteroatoms. The van der Waals surface area contributed by atoms with Gasteiger partial charge in [0.2, 0.25) is 0 Å². The van der Waals surface area contributed by atoms with Crippen molar-refractivity contribution in [1.29, 1.82) is 0 Å². The molecule has 1 saturated carbocycles. The van der Waals surface area contributed by atoms with Crippen molar-refractivity contribution in [1.82, 2.24) is 0 Å². The number of anilines is 1. The number of benzene rings is 1. The molecule has 1 fully saturated rings. The van der Waals surface area contributed by atoms with Gasteiger partial charge in [-0.1, -0.05) is 6.92 Å². The van der Waals surface area contributed by atoms with Crippen molar-refractivity contribution in [3.05, 3.63) is 24.3 Å². The Balaban J connectivity index is 2.13. The third kappa shape index (κ3) is 2.64. The van der Waals surface area contributed by atoms with Crippen molar-refractivity contribution in [2.75, 3.05) is 16.9 Å². The van der Waals surface area contributed by atoms with E-state index >= 15 is 0 Å². The summed E-state index contributed by atoms with van der Waals surface area (Å²) < 4.78 is 23.4. The van der Waals surface area contributed by atoms with Gasteiger partial charge in [-0.05, 0) is 43.5 Å². The fourth-order valence-electron chi connectivity index (χ4n) is 2.11. The van der Waals surface area contributed by atoms with Gasteiger partial charge < -0.3 is 5.32 Å². The summed E-state index contributed by atoms with van der Waals surface area (Å²) in [6.45, 7) is 1.65. The number of hydrogen-bond donors (Lipinski definition) is 1. The highest BCUT2D eigenvalue weighted by Gasteiger charge is 2.35. The Bertz CT molecular complexity index is 501. The molecule has 1 aromatic rings. The van der Waals surface area contributed by atoms with E-state index in [2.05, 4.69) is 5.32 Å². The van der Waals surface area contributed by atoms with Crippen LogP contribution in [0, 0.1) is 0 Å². The first-order chi connectivity index (χ1) is 8.51. The van der Waals surface area contributed by atoms with Gasteiger partial charge in [0.25, 0.3) is 0 Å². The van der Waals surface area contributed by atoms with E-state index < -0.39 is 9.84 Å². The van der Waals surface area contributed by atoms with Crippen LogP contribution in [0.3, 0.4) is 0 Å². The molecule has 0 radical (unpaired) electrons. The Morgan fingerprint density at radius 2 is 1.89 bits per heavy atom. The number of nitrogens with one attached hydrogen (secondary N) is 1. The van der Waals surface area contributed by atoms with Crippen LogP contribution in [0.2, 0.25) is 0 Å². The number of alkyl halides is 1. The Kier molecular flexibility index (Phi) is 3.87. The quantitative estimate of drug-likeness (QED) is 0.847. The Morgan fingerprint density at radius 3 is 2.28 bits per heavy atom. The molecular formula is C13H18ClNO2S. The second kappa shape index (κ2) is 5.10. The van der Waals surface area contributed by atoms with Crippen molar-refractivity contribution in [2.45, 2.75) is 36.6 Å². The summed E-state index contributed by atoms with van der Waals surface area (Å²) in [5, 5.41) is 3.41. The van der Waals surface area contributed by atoms with Gasteiger partial charge in [-0.3, -0.25) is 0 Å². The average molecular weight is 288 g/mol. The predicted octanol–water partition coefficient (Wildman–Crippen LogP) is 3.05. The minimum atomic E-state index is -3.11. The molecule has 1 aromatic carbocycles. The van der Waals surface area contributed by atoms with Crippen LogP contribution >= 0.6 is 11.6 Å². The van der Waals surface area contributed by atoms with Gasteiger partial charge in [-0.15, -0.1) is 11.6 Å². The van der Waals surface area contributed by atoms with E-state index in [-0.39, 0.29) is 11.3 Å². The smallest absolute Gasteiger partial charge is 0.178 e. The first kappa shape index (κ1) is 13.7. The second-order valence-electron chi connectivity index (χ2n) is 4.82. The van der Waals surface area contributed by atoms with Gasteiger partial charge in [-0.2, -0.15) is 0 Å². The Hall–Kier alpha value is -0.740. The molecular weight excluding hydrogens is 270 g/mol. The summed E-state index contributed by atoms with van der Waals surface area (Å²) in [5.74, 6) is 0.716. The largest absolute Gasteiger partial charge is 0.378 e. The molecule has 0 atom stereocenters. The minimum absolute atomic E-state index is 0.00665. The lowest BCUT2D eigenvalue weighted by molar-refractivity contribution is 0.311. The molecule has 0 saturated heterocycles. The zero-order valence-electron chi connectivity index (χ0n) is 10.4. The maximum atomic E-state index is 11.7. The fraction of sp³-hybridized carbons (Fsp3) is 0.538. The Morgan fingerprint density at radius 1 is 1.28 bits per heavy atom. The van der Waals surface area contributed by atoms with Crippen LogP contribution in [0.4, 0.5) is 5.69 Å². The van der Waals surface area contributed by atoms with Crippen LogP contribution in [-0.2, 0) is 9.84 Å². The average Bonchev–Trinajstić information content (AvgIpc) is 2.34. The molecule has 1 N–H and O–H groups in total. The zero-order chi connectivity index (χ0) is 13.2. The first-order valence-corrected chi connectivity index (χ1v) is 8.37. The summed E-state index contributed by atoms with van der Waals surface area (Å²) >= 11 is 5.98. The molecule has 0 aromatic heterocycles.